The summed E-state index contributed by atoms with van der Waals surface area (Å²) in [5.41, 5.74) is 3.76. The number of benzene rings is 1. The Balaban J connectivity index is 1.67. The Labute approximate surface area is 175 Å². The second kappa shape index (κ2) is 7.70. The average molecular weight is 407 g/mol. The minimum absolute atomic E-state index is 0.0601. The molecule has 0 aliphatic carbocycles. The van der Waals surface area contributed by atoms with Crippen LogP contribution in [-0.4, -0.2) is 39.8 Å². The van der Waals surface area contributed by atoms with Crippen molar-refractivity contribution in [3.63, 3.8) is 0 Å². The summed E-state index contributed by atoms with van der Waals surface area (Å²) in [6.45, 7) is 4.63. The summed E-state index contributed by atoms with van der Waals surface area (Å²) < 4.78 is 9.12. The average Bonchev–Trinajstić information content (AvgIpc) is 3.41. The quantitative estimate of drug-likeness (QED) is 0.704. The Hall–Kier alpha value is -3.55. The van der Waals surface area contributed by atoms with Gasteiger partial charge >= 0.3 is 0 Å². The topological polar surface area (TPSA) is 81.4 Å². The van der Waals surface area contributed by atoms with Crippen molar-refractivity contribution in [3.8, 4) is 11.6 Å². The van der Waals surface area contributed by atoms with Crippen LogP contribution in [0.15, 0.2) is 36.5 Å². The van der Waals surface area contributed by atoms with E-state index in [-0.39, 0.29) is 11.8 Å². The van der Waals surface area contributed by atoms with Gasteiger partial charge < -0.3 is 19.5 Å². The minimum atomic E-state index is -0.269. The number of carbonyl (C=O) groups excluding carboxylic acids is 2. The van der Waals surface area contributed by atoms with Crippen molar-refractivity contribution in [1.29, 1.82) is 0 Å². The fourth-order valence-electron chi connectivity index (χ4n) is 3.94. The van der Waals surface area contributed by atoms with E-state index >= 15 is 0 Å². The lowest BCUT2D eigenvalue weighted by Crippen LogP contribution is -2.24. The van der Waals surface area contributed by atoms with E-state index in [1.54, 1.807) is 41.1 Å². The highest BCUT2D eigenvalue weighted by Crippen LogP contribution is 2.34. The number of ether oxygens (including phenoxy) is 1. The van der Waals surface area contributed by atoms with Crippen LogP contribution >= 0.6 is 0 Å². The third-order valence-corrected chi connectivity index (χ3v) is 5.44. The number of aryl methyl sites for hydroxylation is 3. The molecule has 1 fully saturated rings. The Morgan fingerprint density at radius 1 is 1.17 bits per heavy atom. The summed E-state index contributed by atoms with van der Waals surface area (Å²) >= 11 is 0. The lowest BCUT2D eigenvalue weighted by molar-refractivity contribution is -0.117. The van der Waals surface area contributed by atoms with Crippen LogP contribution in [0.2, 0.25) is 0 Å². The number of hydrogen-bond donors (Lipinski definition) is 1. The van der Waals surface area contributed by atoms with E-state index in [1.807, 2.05) is 37.6 Å². The van der Waals surface area contributed by atoms with Gasteiger partial charge in [-0.1, -0.05) is 0 Å². The summed E-state index contributed by atoms with van der Waals surface area (Å²) in [6.07, 6.45) is 2.90. The third kappa shape index (κ3) is 3.34. The molecule has 3 aromatic rings. The molecule has 2 aromatic heterocycles. The normalized spacial score (nSPS) is 13.7. The number of amides is 2. The number of nitrogens with one attached hydrogen (secondary N) is 1. The van der Waals surface area contributed by atoms with Crippen LogP contribution in [0.3, 0.4) is 0 Å². The highest BCUT2D eigenvalue weighted by Gasteiger charge is 2.25. The molecule has 8 nitrogen and oxygen atoms in total. The number of anilines is 2. The molecule has 0 saturated carbocycles. The molecule has 0 spiro atoms. The summed E-state index contributed by atoms with van der Waals surface area (Å²) in [5, 5.41) is 7.24. The van der Waals surface area contributed by atoms with E-state index in [2.05, 4.69) is 10.4 Å². The molecule has 0 radical (unpaired) electrons. The molecular weight excluding hydrogens is 382 g/mol. The summed E-state index contributed by atoms with van der Waals surface area (Å²) in [6, 6.07) is 9.33. The van der Waals surface area contributed by atoms with Crippen molar-refractivity contribution in [2.45, 2.75) is 26.7 Å². The van der Waals surface area contributed by atoms with Crippen LogP contribution in [0.1, 0.15) is 34.6 Å². The zero-order valence-corrected chi connectivity index (χ0v) is 17.6. The Bertz CT molecular complexity index is 1110. The van der Waals surface area contributed by atoms with Crippen molar-refractivity contribution in [2.75, 3.05) is 23.9 Å². The second-order valence-corrected chi connectivity index (χ2v) is 7.45. The zero-order chi connectivity index (χ0) is 21.4. The molecule has 4 rings (SSSR count). The number of carbonyl (C=O) groups is 2. The molecule has 1 aromatic carbocycles. The first kappa shape index (κ1) is 19.8. The van der Waals surface area contributed by atoms with Gasteiger partial charge in [0.15, 0.2) is 0 Å². The molecule has 30 heavy (non-hydrogen) atoms. The summed E-state index contributed by atoms with van der Waals surface area (Å²) in [5.74, 6) is 1.10. The van der Waals surface area contributed by atoms with Gasteiger partial charge in [0, 0.05) is 37.1 Å². The van der Waals surface area contributed by atoms with Gasteiger partial charge in [0.25, 0.3) is 5.91 Å². The van der Waals surface area contributed by atoms with Crippen molar-refractivity contribution >= 4 is 23.2 Å². The molecule has 156 valence electrons. The van der Waals surface area contributed by atoms with Gasteiger partial charge in [-0.05, 0) is 50.6 Å². The predicted octanol–water partition coefficient (Wildman–Crippen LogP) is 3.22. The fraction of sp³-hybridized carbons (Fsp3) is 0.318. The van der Waals surface area contributed by atoms with Crippen LogP contribution in [0, 0.1) is 13.8 Å². The van der Waals surface area contributed by atoms with Crippen LogP contribution in [0.25, 0.3) is 5.82 Å². The number of nitrogens with zero attached hydrogens (tertiary/aromatic N) is 4. The maximum atomic E-state index is 13.1. The van der Waals surface area contributed by atoms with E-state index in [1.165, 1.54) is 0 Å². The van der Waals surface area contributed by atoms with E-state index < -0.39 is 0 Å². The lowest BCUT2D eigenvalue weighted by atomic mass is 10.2. The maximum Gasteiger partial charge on any atom is 0.261 e. The molecule has 1 saturated heterocycles. The molecule has 8 heteroatoms. The minimum Gasteiger partial charge on any atom is -0.495 e. The van der Waals surface area contributed by atoms with E-state index in [9.17, 15) is 9.59 Å². The first-order chi connectivity index (χ1) is 14.4. The standard InChI is InChI=1S/C22H25N5O3/c1-14-7-8-15(2)27(14)22-17(13-23-25(22)3)21(29)24-16-9-10-19(30-4)18(12-16)26-11-5-6-20(26)28/h7-10,12-13H,5-6,11H2,1-4H3,(H,24,29). The highest BCUT2D eigenvalue weighted by molar-refractivity contribution is 6.07. The van der Waals surface area contributed by atoms with Gasteiger partial charge in [0.1, 0.15) is 17.1 Å². The molecule has 0 bridgehead atoms. The van der Waals surface area contributed by atoms with Crippen molar-refractivity contribution in [2.24, 2.45) is 7.05 Å². The van der Waals surface area contributed by atoms with Gasteiger partial charge in [-0.2, -0.15) is 5.10 Å². The fourth-order valence-corrected chi connectivity index (χ4v) is 3.94. The second-order valence-electron chi connectivity index (χ2n) is 7.45. The van der Waals surface area contributed by atoms with Crippen LogP contribution in [0.5, 0.6) is 5.75 Å². The number of methoxy groups -OCH3 is 1. The smallest absolute Gasteiger partial charge is 0.261 e. The van der Waals surface area contributed by atoms with E-state index in [0.29, 0.717) is 41.5 Å². The molecule has 3 heterocycles. The number of rotatable bonds is 5. The first-order valence-electron chi connectivity index (χ1n) is 9.87. The zero-order valence-electron chi connectivity index (χ0n) is 17.6. The van der Waals surface area contributed by atoms with Crippen LogP contribution in [0.4, 0.5) is 11.4 Å². The molecule has 2 amide bonds. The van der Waals surface area contributed by atoms with Crippen molar-refractivity contribution in [1.82, 2.24) is 14.3 Å². The number of aromatic nitrogens is 3. The first-order valence-corrected chi connectivity index (χ1v) is 9.87. The van der Waals surface area contributed by atoms with Crippen LogP contribution in [-0.2, 0) is 11.8 Å². The molecule has 1 aliphatic rings. The summed E-state index contributed by atoms with van der Waals surface area (Å²) in [4.78, 5) is 27.0. The van der Waals surface area contributed by atoms with Gasteiger partial charge in [-0.3, -0.25) is 14.3 Å². The Kier molecular flexibility index (Phi) is 5.07. The van der Waals surface area contributed by atoms with Crippen LogP contribution < -0.4 is 15.0 Å². The molecular formula is C22H25N5O3. The Morgan fingerprint density at radius 2 is 1.90 bits per heavy atom. The highest BCUT2D eigenvalue weighted by atomic mass is 16.5. The van der Waals surface area contributed by atoms with Gasteiger partial charge in [-0.25, -0.2) is 0 Å². The van der Waals surface area contributed by atoms with Crippen molar-refractivity contribution in [3.05, 3.63) is 53.5 Å². The monoisotopic (exact) mass is 407 g/mol. The predicted molar refractivity (Wildman–Crippen MR) is 115 cm³/mol. The van der Waals surface area contributed by atoms with E-state index in [0.717, 1.165) is 17.8 Å². The van der Waals surface area contributed by atoms with Gasteiger partial charge in [0.2, 0.25) is 5.91 Å². The lowest BCUT2D eigenvalue weighted by Gasteiger charge is -2.20. The molecule has 1 aliphatic heterocycles. The van der Waals surface area contributed by atoms with E-state index in [4.69, 9.17) is 4.74 Å². The Morgan fingerprint density at radius 3 is 2.53 bits per heavy atom. The molecule has 0 atom stereocenters. The third-order valence-electron chi connectivity index (χ3n) is 5.44. The molecule has 0 unspecified atom stereocenters. The van der Waals surface area contributed by atoms with Gasteiger partial charge in [-0.15, -0.1) is 0 Å². The maximum absolute atomic E-state index is 13.1. The largest absolute Gasteiger partial charge is 0.495 e. The number of hydrogen-bond acceptors (Lipinski definition) is 4. The SMILES string of the molecule is COc1ccc(NC(=O)c2cnn(C)c2-n2c(C)ccc2C)cc1N1CCCC1=O. The van der Waals surface area contributed by atoms with Crippen molar-refractivity contribution < 1.29 is 14.3 Å². The van der Waals surface area contributed by atoms with Gasteiger partial charge in [0.05, 0.1) is 19.0 Å². The molecule has 1 N–H and O–H groups in total. The summed E-state index contributed by atoms with van der Waals surface area (Å²) in [7, 11) is 3.39.